The molecule has 5 nitrogen and oxygen atoms in total. The lowest BCUT2D eigenvalue weighted by Crippen LogP contribution is -2.49. The maximum atomic E-state index is 10.8. The van der Waals surface area contributed by atoms with Crippen molar-refractivity contribution in [3.05, 3.63) is 23.4 Å². The van der Waals surface area contributed by atoms with Gasteiger partial charge < -0.3 is 24.8 Å². The van der Waals surface area contributed by atoms with Crippen LogP contribution in [0, 0.1) is 0 Å². The largest absolute Gasteiger partial charge is 0.384 e. The Morgan fingerprint density at radius 3 is 2.40 bits per heavy atom. The minimum atomic E-state index is -0.715. The smallest absolute Gasteiger partial charge is 0.190 e. The molecule has 0 unspecified atom stereocenters. The fourth-order valence-electron chi connectivity index (χ4n) is 3.08. The second kappa shape index (κ2) is 5.15. The Morgan fingerprint density at radius 1 is 1.20 bits per heavy atom. The zero-order valence-electron chi connectivity index (χ0n) is 12.3. The molecule has 20 heavy (non-hydrogen) atoms. The van der Waals surface area contributed by atoms with Crippen LogP contribution in [0.2, 0.25) is 0 Å². The quantitative estimate of drug-likeness (QED) is 0.776. The van der Waals surface area contributed by atoms with Crippen LogP contribution in [0.3, 0.4) is 0 Å². The van der Waals surface area contributed by atoms with Gasteiger partial charge in [0.1, 0.15) is 5.60 Å². The number of hydrogen-bond acceptors (Lipinski definition) is 5. The minimum Gasteiger partial charge on any atom is -0.384 e. The SMILES string of the molecule is CN1CCC(O)(C2=CC=C(C3(C)OCCO3)CN2)CC1. The van der Waals surface area contributed by atoms with Gasteiger partial charge in [0, 0.05) is 30.9 Å². The van der Waals surface area contributed by atoms with Crippen molar-refractivity contribution in [2.24, 2.45) is 0 Å². The predicted octanol–water partition coefficient (Wildman–Crippen LogP) is 0.620. The number of rotatable bonds is 2. The van der Waals surface area contributed by atoms with E-state index in [0.717, 1.165) is 37.2 Å². The van der Waals surface area contributed by atoms with Crippen LogP contribution in [-0.2, 0) is 9.47 Å². The number of nitrogens with one attached hydrogen (secondary N) is 1. The highest BCUT2D eigenvalue weighted by atomic mass is 16.7. The third-order valence-electron chi connectivity index (χ3n) is 4.66. The zero-order chi connectivity index (χ0) is 14.2. The number of likely N-dealkylation sites (tertiary alicyclic amines) is 1. The Bertz CT molecular complexity index is 430. The molecule has 3 heterocycles. The van der Waals surface area contributed by atoms with Crippen molar-refractivity contribution in [1.82, 2.24) is 10.2 Å². The molecule has 0 aromatic rings. The van der Waals surface area contributed by atoms with E-state index in [-0.39, 0.29) is 0 Å². The van der Waals surface area contributed by atoms with Gasteiger partial charge in [-0.1, -0.05) is 6.08 Å². The number of dihydropyridines is 1. The molecule has 0 aliphatic carbocycles. The molecule has 3 aliphatic rings. The van der Waals surface area contributed by atoms with E-state index in [2.05, 4.69) is 17.3 Å². The monoisotopic (exact) mass is 280 g/mol. The van der Waals surface area contributed by atoms with E-state index in [1.807, 2.05) is 19.1 Å². The van der Waals surface area contributed by atoms with Crippen molar-refractivity contribution < 1.29 is 14.6 Å². The predicted molar refractivity (Wildman–Crippen MR) is 76.2 cm³/mol. The summed E-state index contributed by atoms with van der Waals surface area (Å²) in [6.07, 6.45) is 5.57. The van der Waals surface area contributed by atoms with Crippen LogP contribution in [0.15, 0.2) is 23.4 Å². The average Bonchev–Trinajstić information content (AvgIpc) is 2.91. The van der Waals surface area contributed by atoms with Crippen LogP contribution in [0.5, 0.6) is 0 Å². The first-order valence-electron chi connectivity index (χ1n) is 7.36. The third-order valence-corrected chi connectivity index (χ3v) is 4.66. The maximum Gasteiger partial charge on any atom is 0.190 e. The molecule has 3 aliphatic heterocycles. The molecule has 112 valence electrons. The average molecular weight is 280 g/mol. The molecule has 2 fully saturated rings. The third kappa shape index (κ3) is 2.51. The van der Waals surface area contributed by atoms with Gasteiger partial charge in [0.2, 0.25) is 0 Å². The van der Waals surface area contributed by atoms with Crippen LogP contribution < -0.4 is 5.32 Å². The lowest BCUT2D eigenvalue weighted by molar-refractivity contribution is -0.111. The molecule has 5 heteroatoms. The summed E-state index contributed by atoms with van der Waals surface area (Å²) >= 11 is 0. The van der Waals surface area contributed by atoms with Crippen molar-refractivity contribution in [1.29, 1.82) is 0 Å². The number of piperidine rings is 1. The molecular weight excluding hydrogens is 256 g/mol. The Hall–Kier alpha value is -0.880. The highest BCUT2D eigenvalue weighted by Crippen LogP contribution is 2.33. The Kier molecular flexibility index (Phi) is 3.62. The van der Waals surface area contributed by atoms with Gasteiger partial charge in [-0.2, -0.15) is 0 Å². The van der Waals surface area contributed by atoms with Crippen molar-refractivity contribution in [3.63, 3.8) is 0 Å². The summed E-state index contributed by atoms with van der Waals surface area (Å²) in [5.74, 6) is -0.607. The molecular formula is C15H24N2O3. The van der Waals surface area contributed by atoms with Gasteiger partial charge in [0.05, 0.1) is 13.2 Å². The standard InChI is InChI=1S/C15H24N2O3/c1-14(19-9-10-20-14)12-3-4-13(16-11-12)15(18)5-7-17(2)8-6-15/h3-4,16,18H,5-11H2,1-2H3. The lowest BCUT2D eigenvalue weighted by Gasteiger charge is -2.40. The van der Waals surface area contributed by atoms with Gasteiger partial charge >= 0.3 is 0 Å². The Labute approximate surface area is 120 Å². The molecule has 3 rings (SSSR count). The molecule has 0 spiro atoms. The van der Waals surface area contributed by atoms with Crippen molar-refractivity contribution in [2.45, 2.75) is 31.2 Å². The Balaban J connectivity index is 1.74. The fraction of sp³-hybridized carbons (Fsp3) is 0.733. The summed E-state index contributed by atoms with van der Waals surface area (Å²) in [5.41, 5.74) is 1.29. The van der Waals surface area contributed by atoms with Crippen molar-refractivity contribution >= 4 is 0 Å². The van der Waals surface area contributed by atoms with E-state index >= 15 is 0 Å². The van der Waals surface area contributed by atoms with E-state index < -0.39 is 11.4 Å². The second-order valence-corrected chi connectivity index (χ2v) is 6.10. The van der Waals surface area contributed by atoms with Crippen LogP contribution in [0.1, 0.15) is 19.8 Å². The number of allylic oxidation sites excluding steroid dienone is 2. The first-order valence-corrected chi connectivity index (χ1v) is 7.36. The second-order valence-electron chi connectivity index (χ2n) is 6.10. The van der Waals surface area contributed by atoms with Crippen molar-refractivity contribution in [2.75, 3.05) is 39.9 Å². The Morgan fingerprint density at radius 2 is 1.85 bits per heavy atom. The number of aliphatic hydroxyl groups is 1. The van der Waals surface area contributed by atoms with E-state index in [0.29, 0.717) is 19.8 Å². The molecule has 0 atom stereocenters. The zero-order valence-corrected chi connectivity index (χ0v) is 12.3. The molecule has 0 bridgehead atoms. The molecule has 0 radical (unpaired) electrons. The molecule has 2 N–H and O–H groups in total. The van der Waals surface area contributed by atoms with Gasteiger partial charge in [-0.3, -0.25) is 0 Å². The van der Waals surface area contributed by atoms with Crippen molar-refractivity contribution in [3.8, 4) is 0 Å². The van der Waals surface area contributed by atoms with Gasteiger partial charge in [0.25, 0.3) is 0 Å². The number of nitrogens with zero attached hydrogens (tertiary/aromatic N) is 1. The molecule has 0 saturated carbocycles. The first kappa shape index (κ1) is 14.1. The first-order chi connectivity index (χ1) is 9.52. The van der Waals surface area contributed by atoms with Gasteiger partial charge in [-0.25, -0.2) is 0 Å². The minimum absolute atomic E-state index is 0.607. The van der Waals surface area contributed by atoms with Gasteiger partial charge in [-0.05, 0) is 32.9 Å². The van der Waals surface area contributed by atoms with Crippen LogP contribution in [0.4, 0.5) is 0 Å². The highest BCUT2D eigenvalue weighted by Gasteiger charge is 2.39. The highest BCUT2D eigenvalue weighted by molar-refractivity contribution is 5.33. The fourth-order valence-corrected chi connectivity index (χ4v) is 3.08. The summed E-state index contributed by atoms with van der Waals surface area (Å²) in [5, 5.41) is 14.1. The maximum absolute atomic E-state index is 10.8. The summed E-state index contributed by atoms with van der Waals surface area (Å²) in [6, 6.07) is 0. The van der Waals surface area contributed by atoms with Gasteiger partial charge in [0.15, 0.2) is 5.79 Å². The topological polar surface area (TPSA) is 54.0 Å². The van der Waals surface area contributed by atoms with E-state index in [4.69, 9.17) is 9.47 Å². The summed E-state index contributed by atoms with van der Waals surface area (Å²) in [4.78, 5) is 2.25. The molecule has 2 saturated heterocycles. The summed E-state index contributed by atoms with van der Waals surface area (Å²) < 4.78 is 11.3. The van der Waals surface area contributed by atoms with Gasteiger partial charge in [-0.15, -0.1) is 0 Å². The van der Waals surface area contributed by atoms with E-state index in [1.165, 1.54) is 0 Å². The normalized spacial score (nSPS) is 29.6. The lowest BCUT2D eigenvalue weighted by atomic mass is 9.86. The summed E-state index contributed by atoms with van der Waals surface area (Å²) in [6.45, 7) is 5.75. The molecule has 0 aromatic heterocycles. The van der Waals surface area contributed by atoms with E-state index in [9.17, 15) is 5.11 Å². The van der Waals surface area contributed by atoms with E-state index in [1.54, 1.807) is 0 Å². The van der Waals surface area contributed by atoms with Crippen LogP contribution in [0.25, 0.3) is 0 Å². The number of hydrogen-bond donors (Lipinski definition) is 2. The van der Waals surface area contributed by atoms with Crippen LogP contribution in [-0.4, -0.2) is 61.3 Å². The van der Waals surface area contributed by atoms with Crippen LogP contribution >= 0.6 is 0 Å². The summed E-state index contributed by atoms with van der Waals surface area (Å²) in [7, 11) is 2.09. The molecule has 0 aromatic carbocycles. The number of ether oxygens (including phenoxy) is 2. The molecule has 0 amide bonds.